The summed E-state index contributed by atoms with van der Waals surface area (Å²) in [6.07, 6.45) is 1.50. The van der Waals surface area contributed by atoms with Crippen molar-refractivity contribution in [2.75, 3.05) is 26.9 Å². The van der Waals surface area contributed by atoms with Gasteiger partial charge in [-0.3, -0.25) is 0 Å². The van der Waals surface area contributed by atoms with E-state index in [4.69, 9.17) is 18.8 Å². The van der Waals surface area contributed by atoms with E-state index in [1.165, 1.54) is 0 Å². The second-order valence-corrected chi connectivity index (χ2v) is 7.97. The van der Waals surface area contributed by atoms with E-state index in [1.54, 1.807) is 11.9 Å². The lowest BCUT2D eigenvalue weighted by Gasteiger charge is -2.32. The van der Waals surface area contributed by atoms with E-state index >= 15 is 0 Å². The molecule has 1 fully saturated rings. The Hall–Kier alpha value is -1.05. The fourth-order valence-corrected chi connectivity index (χ4v) is 1.84. The van der Waals surface area contributed by atoms with Crippen LogP contribution in [0.1, 0.15) is 48.5 Å². The first-order valence-electron chi connectivity index (χ1n) is 8.37. The molecule has 1 saturated heterocycles. The smallest absolute Gasteiger partial charge is 0.447 e. The zero-order valence-corrected chi connectivity index (χ0v) is 16.3. The molecule has 0 aromatic carbocycles. The average Bonchev–Trinajstić information content (AvgIpc) is 2.63. The van der Waals surface area contributed by atoms with Crippen molar-refractivity contribution in [3.05, 3.63) is 12.1 Å². The summed E-state index contributed by atoms with van der Waals surface area (Å²) in [5.74, 6) is 1.84. The summed E-state index contributed by atoms with van der Waals surface area (Å²) < 4.78 is 22.3. The molecule has 0 aromatic heterocycles. The van der Waals surface area contributed by atoms with Gasteiger partial charge in [-0.25, -0.2) is 4.79 Å². The first-order chi connectivity index (χ1) is 10.9. The molecule has 0 bridgehead atoms. The molecular formula is C17H32BNO5. The summed E-state index contributed by atoms with van der Waals surface area (Å²) >= 11 is 0. The predicted molar refractivity (Wildman–Crippen MR) is 94.9 cm³/mol. The van der Waals surface area contributed by atoms with Crippen molar-refractivity contribution < 1.29 is 23.6 Å². The maximum atomic E-state index is 11.8. The van der Waals surface area contributed by atoms with E-state index in [9.17, 15) is 4.79 Å². The molecular weight excluding hydrogens is 309 g/mol. The molecule has 0 radical (unpaired) electrons. The summed E-state index contributed by atoms with van der Waals surface area (Å²) in [7, 11) is 1.35. The number of amides is 1. The number of carbonyl (C=O) groups is 1. The summed E-state index contributed by atoms with van der Waals surface area (Å²) in [6.45, 7) is 14.9. The SMILES string of the molecule is CN(C(=O)OCCOC/C=C/B1OC(C)(C)C(C)(C)O1)C(C)(C)C. The summed E-state index contributed by atoms with van der Waals surface area (Å²) in [5.41, 5.74) is -0.935. The van der Waals surface area contributed by atoms with Gasteiger partial charge in [-0.2, -0.15) is 0 Å². The van der Waals surface area contributed by atoms with Crippen LogP contribution in [0.15, 0.2) is 12.1 Å². The second-order valence-electron chi connectivity index (χ2n) is 7.97. The van der Waals surface area contributed by atoms with Gasteiger partial charge in [-0.1, -0.05) is 12.1 Å². The van der Waals surface area contributed by atoms with E-state index in [0.717, 1.165) is 0 Å². The molecule has 0 N–H and O–H groups in total. The highest BCUT2D eigenvalue weighted by Crippen LogP contribution is 2.36. The molecule has 0 unspecified atom stereocenters. The molecule has 1 amide bonds. The van der Waals surface area contributed by atoms with Crippen LogP contribution >= 0.6 is 0 Å². The van der Waals surface area contributed by atoms with Crippen LogP contribution in [0, 0.1) is 0 Å². The molecule has 138 valence electrons. The van der Waals surface area contributed by atoms with Gasteiger partial charge in [0.15, 0.2) is 0 Å². The van der Waals surface area contributed by atoms with E-state index in [0.29, 0.717) is 13.2 Å². The minimum Gasteiger partial charge on any atom is -0.447 e. The lowest BCUT2D eigenvalue weighted by molar-refractivity contribution is 0.00578. The Labute approximate surface area is 146 Å². The maximum Gasteiger partial charge on any atom is 0.486 e. The van der Waals surface area contributed by atoms with Crippen molar-refractivity contribution in [2.45, 2.75) is 65.2 Å². The van der Waals surface area contributed by atoms with E-state index in [-0.39, 0.29) is 36.6 Å². The molecule has 0 saturated carbocycles. The van der Waals surface area contributed by atoms with Gasteiger partial charge in [0, 0.05) is 12.6 Å². The van der Waals surface area contributed by atoms with Gasteiger partial charge in [0.25, 0.3) is 0 Å². The fraction of sp³-hybridized carbons (Fsp3) is 0.824. The van der Waals surface area contributed by atoms with Crippen LogP contribution < -0.4 is 0 Å². The summed E-state index contributed by atoms with van der Waals surface area (Å²) in [6, 6.07) is 0. The molecule has 7 heteroatoms. The number of carbonyl (C=O) groups excluding carboxylic acids is 1. The van der Waals surface area contributed by atoms with Crippen LogP contribution in [-0.4, -0.2) is 61.7 Å². The Kier molecular flexibility index (Phi) is 6.90. The molecule has 24 heavy (non-hydrogen) atoms. The zero-order valence-electron chi connectivity index (χ0n) is 16.3. The Morgan fingerprint density at radius 1 is 1.12 bits per heavy atom. The molecule has 1 aliphatic rings. The van der Waals surface area contributed by atoms with Crippen LogP contribution in [0.5, 0.6) is 0 Å². The van der Waals surface area contributed by atoms with Crippen LogP contribution in [0.3, 0.4) is 0 Å². The first-order valence-corrected chi connectivity index (χ1v) is 8.37. The van der Waals surface area contributed by atoms with Crippen molar-refractivity contribution in [1.29, 1.82) is 0 Å². The van der Waals surface area contributed by atoms with Crippen molar-refractivity contribution >= 4 is 13.2 Å². The number of rotatable bonds is 6. The van der Waals surface area contributed by atoms with Crippen LogP contribution in [0.25, 0.3) is 0 Å². The average molecular weight is 341 g/mol. The largest absolute Gasteiger partial charge is 0.486 e. The maximum absolute atomic E-state index is 11.8. The first kappa shape index (κ1) is 21.0. The van der Waals surface area contributed by atoms with Crippen LogP contribution in [0.2, 0.25) is 0 Å². The van der Waals surface area contributed by atoms with Crippen LogP contribution in [-0.2, 0) is 18.8 Å². The van der Waals surface area contributed by atoms with Crippen molar-refractivity contribution in [3.8, 4) is 0 Å². The normalized spacial score (nSPS) is 19.8. The van der Waals surface area contributed by atoms with Gasteiger partial charge >= 0.3 is 13.2 Å². The van der Waals surface area contributed by atoms with Gasteiger partial charge < -0.3 is 23.7 Å². The quantitative estimate of drug-likeness (QED) is 0.549. The predicted octanol–water partition coefficient (Wildman–Crippen LogP) is 3.06. The van der Waals surface area contributed by atoms with Crippen LogP contribution in [0.4, 0.5) is 4.79 Å². The molecule has 6 nitrogen and oxygen atoms in total. The highest BCUT2D eigenvalue weighted by atomic mass is 16.7. The van der Waals surface area contributed by atoms with E-state index in [1.807, 2.05) is 60.5 Å². The number of hydrogen-bond donors (Lipinski definition) is 0. The Balaban J connectivity index is 2.18. The van der Waals surface area contributed by atoms with Gasteiger partial charge in [0.2, 0.25) is 0 Å². The Bertz CT molecular complexity index is 440. The Morgan fingerprint density at radius 3 is 2.17 bits per heavy atom. The topological polar surface area (TPSA) is 57.2 Å². The van der Waals surface area contributed by atoms with Crippen molar-refractivity contribution in [1.82, 2.24) is 4.90 Å². The molecule has 0 aromatic rings. The minimum absolute atomic E-state index is 0.226. The molecule has 1 aliphatic heterocycles. The summed E-state index contributed by atoms with van der Waals surface area (Å²) in [5, 5.41) is 0. The monoisotopic (exact) mass is 341 g/mol. The van der Waals surface area contributed by atoms with Gasteiger partial charge in [0.05, 0.1) is 24.4 Å². The van der Waals surface area contributed by atoms with Gasteiger partial charge in [0.1, 0.15) is 6.61 Å². The van der Waals surface area contributed by atoms with E-state index < -0.39 is 0 Å². The molecule has 0 aliphatic carbocycles. The highest BCUT2D eigenvalue weighted by Gasteiger charge is 2.49. The summed E-state index contributed by atoms with van der Waals surface area (Å²) in [4.78, 5) is 13.3. The lowest BCUT2D eigenvalue weighted by Crippen LogP contribution is -2.43. The lowest BCUT2D eigenvalue weighted by atomic mass is 9.90. The molecule has 1 heterocycles. The number of nitrogens with zero attached hydrogens (tertiary/aromatic N) is 1. The minimum atomic E-state index is -0.364. The highest BCUT2D eigenvalue weighted by molar-refractivity contribution is 6.51. The fourth-order valence-electron chi connectivity index (χ4n) is 1.84. The standard InChI is InChI=1S/C17H32BNO5/c1-15(2,3)19(8)14(20)22-13-12-21-11-9-10-18-23-16(4,5)17(6,7)24-18/h9-10H,11-13H2,1-8H3/b10-9+. The second kappa shape index (κ2) is 7.89. The van der Waals surface area contributed by atoms with Gasteiger partial charge in [-0.05, 0) is 48.5 Å². The third kappa shape index (κ3) is 5.79. The zero-order chi connectivity index (χ0) is 18.6. The Morgan fingerprint density at radius 2 is 1.67 bits per heavy atom. The van der Waals surface area contributed by atoms with E-state index in [2.05, 4.69) is 0 Å². The van der Waals surface area contributed by atoms with Crippen molar-refractivity contribution in [2.24, 2.45) is 0 Å². The number of ether oxygens (including phenoxy) is 2. The molecule has 0 spiro atoms. The molecule has 1 rings (SSSR count). The third-order valence-electron chi connectivity index (χ3n) is 4.51. The number of hydrogen-bond acceptors (Lipinski definition) is 5. The molecule has 0 atom stereocenters. The van der Waals surface area contributed by atoms with Gasteiger partial charge in [-0.15, -0.1) is 0 Å². The van der Waals surface area contributed by atoms with Crippen molar-refractivity contribution in [3.63, 3.8) is 0 Å². The third-order valence-corrected chi connectivity index (χ3v) is 4.51.